The molecule has 0 N–H and O–H groups in total. The van der Waals surface area contributed by atoms with Gasteiger partial charge in [0.05, 0.1) is 16.7 Å². The molecule has 20 heavy (non-hydrogen) atoms. The molecule has 0 unspecified atom stereocenters. The number of likely N-dealkylation sites (tertiary alicyclic amines) is 1. The highest BCUT2D eigenvalue weighted by Gasteiger charge is 2.24. The summed E-state index contributed by atoms with van der Waals surface area (Å²) in [5.74, 6) is 0.00190. The van der Waals surface area contributed by atoms with Crippen LogP contribution in [0.1, 0.15) is 37.0 Å². The number of carbonyl (C=O) groups is 1. The van der Waals surface area contributed by atoms with Gasteiger partial charge in [-0.1, -0.05) is 41.4 Å². The van der Waals surface area contributed by atoms with E-state index in [1.165, 1.54) is 0 Å². The Bertz CT molecular complexity index is 445. The fraction of sp³-hybridized carbons (Fsp3) is 0.533. The van der Waals surface area contributed by atoms with Gasteiger partial charge in [0.25, 0.3) is 5.91 Å². The summed E-state index contributed by atoms with van der Waals surface area (Å²) in [4.78, 5) is 14.2. The van der Waals surface area contributed by atoms with E-state index >= 15 is 0 Å². The van der Waals surface area contributed by atoms with Gasteiger partial charge in [0.15, 0.2) is 0 Å². The second kappa shape index (κ2) is 8.65. The lowest BCUT2D eigenvalue weighted by Gasteiger charge is -2.31. The predicted octanol–water partition coefficient (Wildman–Crippen LogP) is 4.38. The SMILES string of the molecule is CC.COC1CCN(C(=O)c2ccc(Br)cc2Cl)CC1. The van der Waals surface area contributed by atoms with Crippen LogP contribution in [0.25, 0.3) is 0 Å². The molecule has 112 valence electrons. The maximum absolute atomic E-state index is 12.3. The number of hydrogen-bond acceptors (Lipinski definition) is 2. The minimum atomic E-state index is 0.00190. The molecule has 1 fully saturated rings. The zero-order chi connectivity index (χ0) is 15.1. The molecule has 0 atom stereocenters. The molecule has 0 aliphatic carbocycles. The van der Waals surface area contributed by atoms with Gasteiger partial charge in [0.1, 0.15) is 0 Å². The van der Waals surface area contributed by atoms with Crippen LogP contribution in [0.4, 0.5) is 0 Å². The minimum Gasteiger partial charge on any atom is -0.381 e. The van der Waals surface area contributed by atoms with E-state index in [1.54, 1.807) is 19.2 Å². The number of ether oxygens (including phenoxy) is 1. The average Bonchev–Trinajstić information content (AvgIpc) is 2.49. The summed E-state index contributed by atoms with van der Waals surface area (Å²) in [5, 5.41) is 0.489. The zero-order valence-electron chi connectivity index (χ0n) is 12.2. The van der Waals surface area contributed by atoms with Crippen LogP contribution >= 0.6 is 27.5 Å². The van der Waals surface area contributed by atoms with E-state index in [1.807, 2.05) is 24.8 Å². The molecule has 0 saturated carbocycles. The van der Waals surface area contributed by atoms with E-state index in [0.29, 0.717) is 10.6 Å². The lowest BCUT2D eigenvalue weighted by Crippen LogP contribution is -2.40. The van der Waals surface area contributed by atoms with Crippen LogP contribution in [0.5, 0.6) is 0 Å². The van der Waals surface area contributed by atoms with Gasteiger partial charge in [-0.15, -0.1) is 0 Å². The summed E-state index contributed by atoms with van der Waals surface area (Å²) in [5.41, 5.74) is 0.565. The van der Waals surface area contributed by atoms with Crippen LogP contribution in [-0.2, 0) is 4.74 Å². The Morgan fingerprint density at radius 1 is 1.35 bits per heavy atom. The van der Waals surface area contributed by atoms with E-state index in [9.17, 15) is 4.79 Å². The van der Waals surface area contributed by atoms with Crippen molar-refractivity contribution < 1.29 is 9.53 Å². The third-order valence-electron chi connectivity index (χ3n) is 3.22. The van der Waals surface area contributed by atoms with Gasteiger partial charge in [-0.05, 0) is 31.0 Å². The van der Waals surface area contributed by atoms with Crippen molar-refractivity contribution in [3.8, 4) is 0 Å². The molecule has 0 radical (unpaired) electrons. The lowest BCUT2D eigenvalue weighted by molar-refractivity contribution is 0.0351. The number of hydrogen-bond donors (Lipinski definition) is 0. The van der Waals surface area contributed by atoms with Gasteiger partial charge in [0.2, 0.25) is 0 Å². The highest BCUT2D eigenvalue weighted by atomic mass is 79.9. The smallest absolute Gasteiger partial charge is 0.255 e. The van der Waals surface area contributed by atoms with Crippen molar-refractivity contribution >= 4 is 33.4 Å². The summed E-state index contributed by atoms with van der Waals surface area (Å²) in [6, 6.07) is 5.34. The lowest BCUT2D eigenvalue weighted by atomic mass is 10.1. The van der Waals surface area contributed by atoms with Crippen molar-refractivity contribution in [3.63, 3.8) is 0 Å². The van der Waals surface area contributed by atoms with Crippen molar-refractivity contribution in [1.29, 1.82) is 0 Å². The number of nitrogens with zero attached hydrogens (tertiary/aromatic N) is 1. The summed E-state index contributed by atoms with van der Waals surface area (Å²) in [7, 11) is 1.72. The van der Waals surface area contributed by atoms with Gasteiger partial charge in [-0.25, -0.2) is 0 Å². The van der Waals surface area contributed by atoms with E-state index in [4.69, 9.17) is 16.3 Å². The maximum Gasteiger partial charge on any atom is 0.255 e. The number of methoxy groups -OCH3 is 1. The van der Waals surface area contributed by atoms with Crippen LogP contribution in [0.15, 0.2) is 22.7 Å². The fourth-order valence-corrected chi connectivity index (χ4v) is 2.88. The summed E-state index contributed by atoms with van der Waals surface area (Å²) >= 11 is 9.43. The Kier molecular flexibility index (Phi) is 7.56. The topological polar surface area (TPSA) is 29.5 Å². The molecule has 5 heteroatoms. The predicted molar refractivity (Wildman–Crippen MR) is 86.4 cm³/mol. The number of amides is 1. The van der Waals surface area contributed by atoms with Gasteiger partial charge in [-0.3, -0.25) is 4.79 Å². The normalized spacial score (nSPS) is 15.6. The van der Waals surface area contributed by atoms with Gasteiger partial charge < -0.3 is 9.64 Å². The molecular formula is C15H21BrClNO2. The zero-order valence-corrected chi connectivity index (χ0v) is 14.5. The average molecular weight is 363 g/mol. The van der Waals surface area contributed by atoms with Crippen molar-refractivity contribution in [3.05, 3.63) is 33.3 Å². The molecule has 2 rings (SSSR count). The Morgan fingerprint density at radius 2 is 1.95 bits per heavy atom. The molecule has 0 bridgehead atoms. The van der Waals surface area contributed by atoms with Crippen molar-refractivity contribution in [2.45, 2.75) is 32.8 Å². The Hall–Kier alpha value is -0.580. The van der Waals surface area contributed by atoms with Gasteiger partial charge in [-0.2, -0.15) is 0 Å². The number of benzene rings is 1. The molecular weight excluding hydrogens is 342 g/mol. The number of rotatable bonds is 2. The second-order valence-corrected chi connectivity index (χ2v) is 5.67. The monoisotopic (exact) mass is 361 g/mol. The highest BCUT2D eigenvalue weighted by Crippen LogP contribution is 2.24. The standard InChI is InChI=1S/C13H15BrClNO2.C2H6/c1-18-10-4-6-16(7-5-10)13(17)11-3-2-9(14)8-12(11)15;1-2/h2-3,8,10H,4-7H2,1H3;1-2H3. The molecule has 1 heterocycles. The van der Waals surface area contributed by atoms with Crippen LogP contribution in [0.3, 0.4) is 0 Å². The number of piperidine rings is 1. The first-order valence-corrected chi connectivity index (χ1v) is 8.06. The summed E-state index contributed by atoms with van der Waals surface area (Å²) in [6.07, 6.45) is 2.04. The van der Waals surface area contributed by atoms with E-state index in [0.717, 1.165) is 30.4 Å². The molecule has 0 spiro atoms. The van der Waals surface area contributed by atoms with Crippen LogP contribution in [0.2, 0.25) is 5.02 Å². The maximum atomic E-state index is 12.3. The first-order valence-electron chi connectivity index (χ1n) is 6.89. The molecule has 1 saturated heterocycles. The third kappa shape index (κ3) is 4.47. The van der Waals surface area contributed by atoms with Crippen LogP contribution < -0.4 is 0 Å². The number of halogens is 2. The van der Waals surface area contributed by atoms with E-state index < -0.39 is 0 Å². The van der Waals surface area contributed by atoms with E-state index in [2.05, 4.69) is 15.9 Å². The Balaban J connectivity index is 0.000000956. The summed E-state index contributed by atoms with van der Waals surface area (Å²) in [6.45, 7) is 5.45. The first kappa shape index (κ1) is 17.5. The summed E-state index contributed by atoms with van der Waals surface area (Å²) < 4.78 is 6.17. The largest absolute Gasteiger partial charge is 0.381 e. The van der Waals surface area contributed by atoms with Crippen LogP contribution in [-0.4, -0.2) is 37.1 Å². The molecule has 1 amide bonds. The molecule has 3 nitrogen and oxygen atoms in total. The second-order valence-electron chi connectivity index (χ2n) is 4.35. The molecule has 1 aliphatic rings. The Labute approximate surface area is 134 Å². The minimum absolute atomic E-state index is 0.00190. The molecule has 1 aliphatic heterocycles. The van der Waals surface area contributed by atoms with Crippen molar-refractivity contribution in [2.24, 2.45) is 0 Å². The molecule has 0 aromatic heterocycles. The number of carbonyl (C=O) groups excluding carboxylic acids is 1. The quantitative estimate of drug-likeness (QED) is 0.781. The Morgan fingerprint density at radius 3 is 2.45 bits per heavy atom. The van der Waals surface area contributed by atoms with Crippen molar-refractivity contribution in [1.82, 2.24) is 4.90 Å². The molecule has 1 aromatic rings. The fourth-order valence-electron chi connectivity index (χ4n) is 2.13. The van der Waals surface area contributed by atoms with Gasteiger partial charge in [0, 0.05) is 24.7 Å². The van der Waals surface area contributed by atoms with Crippen LogP contribution in [0, 0.1) is 0 Å². The van der Waals surface area contributed by atoms with Gasteiger partial charge >= 0.3 is 0 Å². The molecule has 1 aromatic carbocycles. The van der Waals surface area contributed by atoms with E-state index in [-0.39, 0.29) is 12.0 Å². The third-order valence-corrected chi connectivity index (χ3v) is 4.03. The highest BCUT2D eigenvalue weighted by molar-refractivity contribution is 9.10. The first-order chi connectivity index (χ1) is 9.61. The van der Waals surface area contributed by atoms with Crippen molar-refractivity contribution in [2.75, 3.05) is 20.2 Å².